The largest absolute Gasteiger partial charge is 0.508 e. The van der Waals surface area contributed by atoms with Gasteiger partial charge in [0.25, 0.3) is 0 Å². The molecule has 5 rings (SSSR count). The van der Waals surface area contributed by atoms with Gasteiger partial charge >= 0.3 is 0 Å². The predicted molar refractivity (Wildman–Crippen MR) is 122 cm³/mol. The highest BCUT2D eigenvalue weighted by molar-refractivity contribution is 5.53. The number of ether oxygens (including phenoxy) is 2. The van der Waals surface area contributed by atoms with Crippen LogP contribution >= 0.6 is 0 Å². The van der Waals surface area contributed by atoms with Crippen molar-refractivity contribution in [3.8, 4) is 11.5 Å². The maximum absolute atomic E-state index is 10.8. The van der Waals surface area contributed by atoms with E-state index in [-0.39, 0.29) is 16.6 Å². The molecule has 3 N–H and O–H groups in total. The van der Waals surface area contributed by atoms with Crippen molar-refractivity contribution >= 4 is 0 Å². The van der Waals surface area contributed by atoms with Crippen molar-refractivity contribution in [1.82, 2.24) is 0 Å². The van der Waals surface area contributed by atoms with Crippen LogP contribution in [-0.4, -0.2) is 32.8 Å². The quantitative estimate of drug-likeness (QED) is 0.544. The fourth-order valence-corrected chi connectivity index (χ4v) is 7.06. The molecule has 5 atom stereocenters. The van der Waals surface area contributed by atoms with Gasteiger partial charge in [0.15, 0.2) is 0 Å². The Morgan fingerprint density at radius 3 is 2.53 bits per heavy atom. The molecule has 5 nitrogen and oxygen atoms in total. The summed E-state index contributed by atoms with van der Waals surface area (Å²) in [6.45, 7) is 10.4. The second-order valence-electron chi connectivity index (χ2n) is 11.8. The zero-order chi connectivity index (χ0) is 23.1. The Morgan fingerprint density at radius 2 is 1.84 bits per heavy atom. The maximum Gasteiger partial charge on any atom is 0.219 e. The van der Waals surface area contributed by atoms with Crippen LogP contribution in [0.4, 0.5) is 0 Å². The topological polar surface area (TPSA) is 79.2 Å². The van der Waals surface area contributed by atoms with Crippen LogP contribution in [0.15, 0.2) is 17.9 Å². The van der Waals surface area contributed by atoms with Gasteiger partial charge in [-0.1, -0.05) is 20.3 Å². The van der Waals surface area contributed by atoms with E-state index < -0.39 is 17.5 Å². The predicted octanol–water partition coefficient (Wildman–Crippen LogP) is 5.27. The molecule has 1 aromatic carbocycles. The first kappa shape index (κ1) is 22.1. The van der Waals surface area contributed by atoms with Crippen molar-refractivity contribution in [3.05, 3.63) is 34.6 Å². The van der Waals surface area contributed by atoms with Gasteiger partial charge in [-0.15, -0.1) is 0 Å². The number of aliphatic hydroxyl groups is 1. The van der Waals surface area contributed by atoms with E-state index in [2.05, 4.69) is 19.9 Å². The smallest absolute Gasteiger partial charge is 0.219 e. The Kier molecular flexibility index (Phi) is 4.76. The Morgan fingerprint density at radius 1 is 1.09 bits per heavy atom. The minimum atomic E-state index is -0.810. The average molecular weight is 443 g/mol. The highest BCUT2D eigenvalue weighted by atomic mass is 16.7. The summed E-state index contributed by atoms with van der Waals surface area (Å²) in [4.78, 5) is 0. The first-order valence-electron chi connectivity index (χ1n) is 12.2. The lowest BCUT2D eigenvalue weighted by atomic mass is 9.60. The molecule has 4 aliphatic rings. The zero-order valence-corrected chi connectivity index (χ0v) is 20.1. The molecule has 1 saturated carbocycles. The van der Waals surface area contributed by atoms with E-state index in [1.165, 1.54) is 0 Å². The number of fused-ring (bicyclic) bond motifs is 3. The number of aliphatic hydroxyl groups excluding tert-OH is 1. The summed E-state index contributed by atoms with van der Waals surface area (Å²) in [5.74, 6) is 1.09. The van der Waals surface area contributed by atoms with Gasteiger partial charge in [0.05, 0.1) is 17.5 Å². The molecule has 2 fully saturated rings. The molecule has 176 valence electrons. The molecule has 2 aliphatic carbocycles. The molecule has 1 spiro atoms. The van der Waals surface area contributed by atoms with Gasteiger partial charge in [-0.3, -0.25) is 0 Å². The van der Waals surface area contributed by atoms with E-state index in [0.717, 1.165) is 67.4 Å². The van der Waals surface area contributed by atoms with Crippen molar-refractivity contribution in [2.75, 3.05) is 0 Å². The van der Waals surface area contributed by atoms with Crippen LogP contribution in [0.1, 0.15) is 82.9 Å². The molecule has 0 amide bonds. The third-order valence-corrected chi connectivity index (χ3v) is 9.41. The minimum absolute atomic E-state index is 0.0369. The number of allylic oxidation sites excluding steroid dienone is 2. The van der Waals surface area contributed by atoms with Crippen molar-refractivity contribution in [2.45, 2.75) is 103 Å². The summed E-state index contributed by atoms with van der Waals surface area (Å²) in [5.41, 5.74) is 1.64. The monoisotopic (exact) mass is 442 g/mol. The molecule has 32 heavy (non-hydrogen) atoms. The lowest BCUT2D eigenvalue weighted by molar-refractivity contribution is -0.310. The summed E-state index contributed by atoms with van der Waals surface area (Å²) < 4.78 is 13.4. The van der Waals surface area contributed by atoms with E-state index in [9.17, 15) is 15.3 Å². The fourth-order valence-electron chi connectivity index (χ4n) is 7.06. The average Bonchev–Trinajstić information content (AvgIpc) is 3.13. The molecular formula is C27H38O5. The number of benzene rings is 1. The number of rotatable bonds is 2. The van der Waals surface area contributed by atoms with E-state index in [1.54, 1.807) is 6.07 Å². The second kappa shape index (κ2) is 6.89. The third-order valence-electron chi connectivity index (χ3n) is 9.41. The molecule has 1 aromatic rings. The number of phenols is 2. The van der Waals surface area contributed by atoms with Gasteiger partial charge in [-0.25, -0.2) is 0 Å². The van der Waals surface area contributed by atoms with E-state index in [4.69, 9.17) is 9.47 Å². The van der Waals surface area contributed by atoms with Crippen LogP contribution in [0.2, 0.25) is 0 Å². The van der Waals surface area contributed by atoms with Crippen LogP contribution in [0, 0.1) is 23.7 Å². The molecule has 2 aliphatic heterocycles. The highest BCUT2D eigenvalue weighted by Crippen LogP contribution is 2.67. The van der Waals surface area contributed by atoms with Gasteiger partial charge in [0.2, 0.25) is 5.79 Å². The molecule has 0 aromatic heterocycles. The molecule has 5 heteroatoms. The van der Waals surface area contributed by atoms with E-state index in [1.807, 2.05) is 20.8 Å². The van der Waals surface area contributed by atoms with Crippen molar-refractivity contribution < 1.29 is 24.8 Å². The van der Waals surface area contributed by atoms with Crippen molar-refractivity contribution in [3.63, 3.8) is 0 Å². The number of hydrogen-bond donors (Lipinski definition) is 3. The zero-order valence-electron chi connectivity index (χ0n) is 20.1. The summed E-state index contributed by atoms with van der Waals surface area (Å²) in [7, 11) is 0. The normalized spacial score (nSPS) is 40.0. The molecular weight excluding hydrogens is 404 g/mol. The van der Waals surface area contributed by atoms with Gasteiger partial charge in [0, 0.05) is 34.8 Å². The number of phenolic OH excluding ortho intramolecular Hbond substituents is 2. The number of aromatic hydroxyl groups is 2. The lowest BCUT2D eigenvalue weighted by Crippen LogP contribution is -2.57. The Balaban J connectivity index is 1.45. The Bertz CT molecular complexity index is 981. The third kappa shape index (κ3) is 2.96. The van der Waals surface area contributed by atoms with Gasteiger partial charge in [-0.2, -0.15) is 0 Å². The van der Waals surface area contributed by atoms with Crippen LogP contribution in [0.5, 0.6) is 11.5 Å². The van der Waals surface area contributed by atoms with Gasteiger partial charge in [0.1, 0.15) is 11.5 Å². The van der Waals surface area contributed by atoms with E-state index >= 15 is 0 Å². The Labute approximate surface area is 191 Å². The highest BCUT2D eigenvalue weighted by Gasteiger charge is 2.69. The minimum Gasteiger partial charge on any atom is -0.508 e. The first-order chi connectivity index (χ1) is 14.9. The van der Waals surface area contributed by atoms with Crippen LogP contribution in [0.3, 0.4) is 0 Å². The maximum atomic E-state index is 10.8. The molecule has 0 radical (unpaired) electrons. The van der Waals surface area contributed by atoms with Crippen LogP contribution in [0.25, 0.3) is 0 Å². The molecule has 2 heterocycles. The number of hydrogen-bond acceptors (Lipinski definition) is 5. The van der Waals surface area contributed by atoms with Crippen LogP contribution < -0.4 is 0 Å². The summed E-state index contributed by atoms with van der Waals surface area (Å²) in [6, 6.07) is 1.67. The van der Waals surface area contributed by atoms with Gasteiger partial charge < -0.3 is 24.8 Å². The summed E-state index contributed by atoms with van der Waals surface area (Å²) in [5, 5.41) is 31.8. The molecule has 1 saturated heterocycles. The fraction of sp³-hybridized carbons (Fsp3) is 0.704. The summed E-state index contributed by atoms with van der Waals surface area (Å²) in [6.07, 6.45) is 8.74. The van der Waals surface area contributed by atoms with Gasteiger partial charge in [-0.05, 0) is 76.5 Å². The van der Waals surface area contributed by atoms with Crippen LogP contribution in [-0.2, 0) is 22.3 Å². The molecule has 0 bridgehead atoms. The standard InChI is InChI=1S/C27H38O5/c1-16-11-21(28)20-13-17(7-8-19(20)23(16)30)12-18-14-25(4)9-6-10-26(25,5)27(31-18)15-22(29)24(2,3)32-27/h11,14,17,22,28-30H,6-10,12-13,15H2,1-5H3. The van der Waals surface area contributed by atoms with Crippen molar-refractivity contribution in [1.29, 1.82) is 0 Å². The van der Waals surface area contributed by atoms with Crippen molar-refractivity contribution in [2.24, 2.45) is 16.7 Å². The first-order valence-corrected chi connectivity index (χ1v) is 12.2. The lowest BCUT2D eigenvalue weighted by Gasteiger charge is -2.55. The molecule has 5 unspecified atom stereocenters. The second-order valence-corrected chi connectivity index (χ2v) is 11.8. The summed E-state index contributed by atoms with van der Waals surface area (Å²) >= 11 is 0. The number of aryl methyl sites for hydroxylation is 1. The van der Waals surface area contributed by atoms with E-state index in [0.29, 0.717) is 18.1 Å². The Hall–Kier alpha value is -1.72. The SMILES string of the molecule is Cc1cc(O)c2c(c1O)CCC(CC1=CC3(C)CCCC3(C)C3(CC(O)C(C)(C)O3)O1)C2.